The molecule has 2 fully saturated rings. The molecule has 68 valence electrons. The second kappa shape index (κ2) is 3.29. The number of aliphatic carboxylic acids is 1. The maximum atomic E-state index is 10.8. The molecule has 1 aliphatic carbocycles. The molecule has 1 saturated heterocycles. The average molecular weight is 186 g/mol. The standard InChI is InChI=1S/C9H14O2S/c10-9(11)8-7-4-2-1-3-6(7)5-12-8/h6-8H,1-5H2,(H,10,11)/t6-,7+,8-/m1/s1. The lowest BCUT2D eigenvalue weighted by atomic mass is 9.79. The molecule has 2 rings (SSSR count). The van der Waals surface area contributed by atoms with Crippen LogP contribution in [0.15, 0.2) is 0 Å². The van der Waals surface area contributed by atoms with Crippen LogP contribution < -0.4 is 0 Å². The van der Waals surface area contributed by atoms with E-state index in [-0.39, 0.29) is 5.25 Å². The largest absolute Gasteiger partial charge is 0.480 e. The number of carbonyl (C=O) groups is 1. The van der Waals surface area contributed by atoms with Gasteiger partial charge in [-0.2, -0.15) is 0 Å². The predicted molar refractivity (Wildman–Crippen MR) is 49.3 cm³/mol. The van der Waals surface area contributed by atoms with E-state index in [1.165, 1.54) is 19.3 Å². The van der Waals surface area contributed by atoms with Crippen LogP contribution in [0.5, 0.6) is 0 Å². The first-order chi connectivity index (χ1) is 5.79. The number of carboxylic acids is 1. The van der Waals surface area contributed by atoms with E-state index in [0.29, 0.717) is 11.8 Å². The Labute approximate surface area is 76.7 Å². The van der Waals surface area contributed by atoms with Crippen LogP contribution in [0, 0.1) is 11.8 Å². The molecule has 0 aromatic heterocycles. The summed E-state index contributed by atoms with van der Waals surface area (Å²) < 4.78 is 0. The fourth-order valence-corrected chi connectivity index (χ4v) is 4.06. The van der Waals surface area contributed by atoms with E-state index in [0.717, 1.165) is 12.2 Å². The average Bonchev–Trinajstić information content (AvgIpc) is 2.47. The molecule has 0 aromatic carbocycles. The second-order valence-electron chi connectivity index (χ2n) is 3.80. The van der Waals surface area contributed by atoms with Crippen molar-refractivity contribution in [3.8, 4) is 0 Å². The van der Waals surface area contributed by atoms with Crippen LogP contribution in [0.4, 0.5) is 0 Å². The Kier molecular flexibility index (Phi) is 2.31. The van der Waals surface area contributed by atoms with Gasteiger partial charge < -0.3 is 5.11 Å². The van der Waals surface area contributed by atoms with E-state index >= 15 is 0 Å². The molecule has 0 unspecified atom stereocenters. The maximum Gasteiger partial charge on any atom is 0.316 e. The topological polar surface area (TPSA) is 37.3 Å². The normalized spacial score (nSPS) is 40.8. The van der Waals surface area contributed by atoms with Gasteiger partial charge in [-0.15, -0.1) is 11.8 Å². The van der Waals surface area contributed by atoms with E-state index in [1.807, 2.05) is 0 Å². The van der Waals surface area contributed by atoms with E-state index in [2.05, 4.69) is 0 Å². The molecule has 2 aliphatic rings. The van der Waals surface area contributed by atoms with Gasteiger partial charge in [0.25, 0.3) is 0 Å². The molecule has 2 nitrogen and oxygen atoms in total. The van der Waals surface area contributed by atoms with Gasteiger partial charge in [0.15, 0.2) is 0 Å². The highest BCUT2D eigenvalue weighted by atomic mass is 32.2. The van der Waals surface area contributed by atoms with Gasteiger partial charge in [0.1, 0.15) is 5.25 Å². The molecular weight excluding hydrogens is 172 g/mol. The van der Waals surface area contributed by atoms with Crippen LogP contribution in [-0.4, -0.2) is 22.1 Å². The summed E-state index contributed by atoms with van der Waals surface area (Å²) >= 11 is 1.66. The Balaban J connectivity index is 2.05. The Morgan fingerprint density at radius 3 is 2.83 bits per heavy atom. The van der Waals surface area contributed by atoms with Crippen molar-refractivity contribution in [3.05, 3.63) is 0 Å². The summed E-state index contributed by atoms with van der Waals surface area (Å²) in [6.45, 7) is 0. The lowest BCUT2D eigenvalue weighted by molar-refractivity contribution is -0.137. The van der Waals surface area contributed by atoms with Gasteiger partial charge in [0, 0.05) is 0 Å². The molecule has 3 atom stereocenters. The molecule has 3 heteroatoms. The summed E-state index contributed by atoms with van der Waals surface area (Å²) in [7, 11) is 0. The van der Waals surface area contributed by atoms with E-state index in [4.69, 9.17) is 5.11 Å². The molecule has 12 heavy (non-hydrogen) atoms. The zero-order valence-corrected chi connectivity index (χ0v) is 7.85. The van der Waals surface area contributed by atoms with Gasteiger partial charge in [-0.3, -0.25) is 4.79 Å². The summed E-state index contributed by atoms with van der Waals surface area (Å²) in [5.74, 6) is 1.70. The summed E-state index contributed by atoms with van der Waals surface area (Å²) in [5.41, 5.74) is 0. The molecule has 0 spiro atoms. The molecule has 0 radical (unpaired) electrons. The SMILES string of the molecule is O=C(O)[C@@H]1SC[C@H]2CCCC[C@@H]21. The zero-order valence-electron chi connectivity index (χ0n) is 7.03. The molecule has 1 saturated carbocycles. The lowest BCUT2D eigenvalue weighted by Gasteiger charge is -2.26. The minimum atomic E-state index is -0.589. The molecule has 0 amide bonds. The predicted octanol–water partition coefficient (Wildman–Crippen LogP) is 1.99. The number of hydrogen-bond donors (Lipinski definition) is 1. The van der Waals surface area contributed by atoms with Crippen molar-refractivity contribution in [1.82, 2.24) is 0 Å². The third-order valence-corrected chi connectivity index (χ3v) is 4.62. The molecular formula is C9H14O2S. The van der Waals surface area contributed by atoms with Crippen molar-refractivity contribution in [1.29, 1.82) is 0 Å². The van der Waals surface area contributed by atoms with Crippen molar-refractivity contribution < 1.29 is 9.90 Å². The van der Waals surface area contributed by atoms with Crippen molar-refractivity contribution >= 4 is 17.7 Å². The van der Waals surface area contributed by atoms with Crippen molar-refractivity contribution in [2.45, 2.75) is 30.9 Å². The van der Waals surface area contributed by atoms with Crippen LogP contribution in [0.3, 0.4) is 0 Å². The maximum absolute atomic E-state index is 10.8. The fourth-order valence-electron chi connectivity index (χ4n) is 2.45. The monoisotopic (exact) mass is 186 g/mol. The van der Waals surface area contributed by atoms with E-state index in [9.17, 15) is 4.79 Å². The third kappa shape index (κ3) is 1.35. The molecule has 1 aliphatic heterocycles. The van der Waals surface area contributed by atoms with Crippen molar-refractivity contribution in [2.24, 2.45) is 11.8 Å². The minimum Gasteiger partial charge on any atom is -0.480 e. The van der Waals surface area contributed by atoms with Crippen molar-refractivity contribution in [3.63, 3.8) is 0 Å². The van der Waals surface area contributed by atoms with Crippen molar-refractivity contribution in [2.75, 3.05) is 5.75 Å². The second-order valence-corrected chi connectivity index (χ2v) is 4.98. The highest BCUT2D eigenvalue weighted by molar-refractivity contribution is 8.00. The van der Waals surface area contributed by atoms with Gasteiger partial charge in [0.05, 0.1) is 0 Å². The van der Waals surface area contributed by atoms with Crippen LogP contribution >= 0.6 is 11.8 Å². The van der Waals surface area contributed by atoms with E-state index < -0.39 is 5.97 Å². The molecule has 1 N–H and O–H groups in total. The van der Waals surface area contributed by atoms with Gasteiger partial charge in [-0.05, 0) is 30.4 Å². The third-order valence-electron chi connectivity index (χ3n) is 3.09. The first-order valence-electron chi connectivity index (χ1n) is 4.63. The first kappa shape index (κ1) is 8.42. The Morgan fingerprint density at radius 1 is 1.33 bits per heavy atom. The summed E-state index contributed by atoms with van der Waals surface area (Å²) in [6, 6.07) is 0. The van der Waals surface area contributed by atoms with Gasteiger partial charge >= 0.3 is 5.97 Å². The Hall–Kier alpha value is -0.180. The van der Waals surface area contributed by atoms with Gasteiger partial charge in [0.2, 0.25) is 0 Å². The lowest BCUT2D eigenvalue weighted by Crippen LogP contribution is -2.28. The molecule has 1 heterocycles. The summed E-state index contributed by atoms with van der Waals surface area (Å²) in [6.07, 6.45) is 4.97. The van der Waals surface area contributed by atoms with Crippen LogP contribution in [0.2, 0.25) is 0 Å². The van der Waals surface area contributed by atoms with Gasteiger partial charge in [-0.25, -0.2) is 0 Å². The fraction of sp³-hybridized carbons (Fsp3) is 0.889. The Morgan fingerprint density at radius 2 is 2.08 bits per heavy atom. The number of hydrogen-bond acceptors (Lipinski definition) is 2. The number of rotatable bonds is 1. The van der Waals surface area contributed by atoms with E-state index in [1.54, 1.807) is 11.8 Å². The van der Waals surface area contributed by atoms with Crippen LogP contribution in [-0.2, 0) is 4.79 Å². The summed E-state index contributed by atoms with van der Waals surface area (Å²) in [5, 5.41) is 8.84. The quantitative estimate of drug-likeness (QED) is 0.680. The number of fused-ring (bicyclic) bond motifs is 1. The smallest absolute Gasteiger partial charge is 0.316 e. The van der Waals surface area contributed by atoms with Crippen LogP contribution in [0.1, 0.15) is 25.7 Å². The summed E-state index contributed by atoms with van der Waals surface area (Å²) in [4.78, 5) is 10.8. The number of carboxylic acid groups (broad SMARTS) is 1. The zero-order chi connectivity index (χ0) is 8.55. The molecule has 0 aromatic rings. The molecule has 0 bridgehead atoms. The first-order valence-corrected chi connectivity index (χ1v) is 5.68. The number of thioether (sulfide) groups is 1. The van der Waals surface area contributed by atoms with Crippen LogP contribution in [0.25, 0.3) is 0 Å². The Bertz CT molecular complexity index is 193. The van der Waals surface area contributed by atoms with Gasteiger partial charge in [-0.1, -0.05) is 12.8 Å². The highest BCUT2D eigenvalue weighted by Gasteiger charge is 2.41. The highest BCUT2D eigenvalue weighted by Crippen LogP contribution is 2.45. The minimum absolute atomic E-state index is 0.0877.